The highest BCUT2D eigenvalue weighted by Crippen LogP contribution is 2.26. The number of Topliss-reactive ketones (excluding diaryl/α,β-unsaturated/α-hetero) is 1. The average molecular weight is 419 g/mol. The standard InChI is InChI=1S/C18H30N4O3S.ClH/c1-13(2)11-15(22(12-23)14-7-5-3-4-6-8-14)16(24)17-20-21-18(25-17)26-10-9-19;/h12-15H,3-11,19H2,1-2H3;1H/t15-;/m0./s1. The number of carbonyl (C=O) groups excluding carboxylic acids is 2. The Balaban J connectivity index is 0.00000364. The molecule has 2 rings (SSSR count). The molecule has 1 aromatic rings. The first-order valence-electron chi connectivity index (χ1n) is 9.50. The monoisotopic (exact) mass is 418 g/mol. The van der Waals surface area contributed by atoms with Crippen LogP contribution < -0.4 is 5.73 Å². The Morgan fingerprint density at radius 3 is 2.52 bits per heavy atom. The molecule has 1 aliphatic carbocycles. The average Bonchev–Trinajstić information content (AvgIpc) is 2.93. The molecular weight excluding hydrogens is 388 g/mol. The van der Waals surface area contributed by atoms with Gasteiger partial charge in [-0.15, -0.1) is 22.6 Å². The van der Waals surface area contributed by atoms with E-state index in [4.69, 9.17) is 10.2 Å². The molecule has 1 fully saturated rings. The van der Waals surface area contributed by atoms with E-state index in [1.54, 1.807) is 4.90 Å². The Morgan fingerprint density at radius 2 is 1.96 bits per heavy atom. The third-order valence-corrected chi connectivity index (χ3v) is 5.54. The Labute approximate surface area is 171 Å². The van der Waals surface area contributed by atoms with Gasteiger partial charge in [-0.2, -0.15) is 0 Å². The molecule has 2 N–H and O–H groups in total. The smallest absolute Gasteiger partial charge is 0.286 e. The minimum absolute atomic E-state index is 0. The molecule has 1 heterocycles. The highest BCUT2D eigenvalue weighted by molar-refractivity contribution is 7.99. The Morgan fingerprint density at radius 1 is 1.30 bits per heavy atom. The van der Waals surface area contributed by atoms with Gasteiger partial charge in [0.25, 0.3) is 11.1 Å². The number of halogens is 1. The van der Waals surface area contributed by atoms with Crippen molar-refractivity contribution in [1.82, 2.24) is 15.1 Å². The van der Waals surface area contributed by atoms with Gasteiger partial charge in [0, 0.05) is 18.3 Å². The van der Waals surface area contributed by atoms with Gasteiger partial charge in [0.2, 0.25) is 12.2 Å². The van der Waals surface area contributed by atoms with Crippen molar-refractivity contribution in [3.05, 3.63) is 5.89 Å². The zero-order valence-electron chi connectivity index (χ0n) is 16.1. The second-order valence-electron chi connectivity index (χ2n) is 7.22. The zero-order valence-corrected chi connectivity index (χ0v) is 17.8. The Hall–Kier alpha value is -1.12. The summed E-state index contributed by atoms with van der Waals surface area (Å²) in [6.45, 7) is 4.59. The van der Waals surface area contributed by atoms with Crippen LogP contribution in [-0.4, -0.2) is 51.7 Å². The summed E-state index contributed by atoms with van der Waals surface area (Å²) in [5.74, 6) is 0.636. The van der Waals surface area contributed by atoms with Crippen LogP contribution in [0, 0.1) is 5.92 Å². The van der Waals surface area contributed by atoms with Crippen molar-refractivity contribution < 1.29 is 14.0 Å². The lowest BCUT2D eigenvalue weighted by atomic mass is 9.95. The quantitative estimate of drug-likeness (QED) is 0.269. The number of carbonyl (C=O) groups is 2. The van der Waals surface area contributed by atoms with E-state index >= 15 is 0 Å². The highest BCUT2D eigenvalue weighted by Gasteiger charge is 2.34. The molecule has 1 amide bonds. The topological polar surface area (TPSA) is 102 Å². The van der Waals surface area contributed by atoms with Crippen LogP contribution in [0.2, 0.25) is 0 Å². The van der Waals surface area contributed by atoms with Crippen LogP contribution in [0.3, 0.4) is 0 Å². The number of hydrogen-bond donors (Lipinski definition) is 1. The molecule has 0 radical (unpaired) electrons. The number of rotatable bonds is 10. The molecule has 1 saturated carbocycles. The van der Waals surface area contributed by atoms with Gasteiger partial charge in [-0.1, -0.05) is 51.3 Å². The van der Waals surface area contributed by atoms with Gasteiger partial charge in [0.15, 0.2) is 0 Å². The van der Waals surface area contributed by atoms with Gasteiger partial charge < -0.3 is 15.1 Å². The Kier molecular flexibility index (Phi) is 10.9. The number of nitrogens with two attached hydrogens (primary N) is 1. The maximum Gasteiger partial charge on any atom is 0.286 e. The van der Waals surface area contributed by atoms with E-state index < -0.39 is 6.04 Å². The van der Waals surface area contributed by atoms with E-state index in [1.807, 2.05) is 13.8 Å². The molecule has 154 valence electrons. The van der Waals surface area contributed by atoms with Crippen LogP contribution in [0.1, 0.15) is 69.5 Å². The molecule has 1 aromatic heterocycles. The molecule has 0 aromatic carbocycles. The number of nitrogens with zero attached hydrogens (tertiary/aromatic N) is 3. The van der Waals surface area contributed by atoms with Crippen molar-refractivity contribution >= 4 is 36.4 Å². The van der Waals surface area contributed by atoms with Crippen molar-refractivity contribution in [3.63, 3.8) is 0 Å². The summed E-state index contributed by atoms with van der Waals surface area (Å²) >= 11 is 1.33. The molecule has 0 spiro atoms. The summed E-state index contributed by atoms with van der Waals surface area (Å²) in [4.78, 5) is 26.7. The van der Waals surface area contributed by atoms with E-state index in [-0.39, 0.29) is 36.0 Å². The number of aromatic nitrogens is 2. The fourth-order valence-corrected chi connectivity index (χ4v) is 3.97. The maximum absolute atomic E-state index is 13.1. The summed E-state index contributed by atoms with van der Waals surface area (Å²) in [6.07, 6.45) is 7.89. The molecule has 1 atom stereocenters. The number of thioether (sulfide) groups is 1. The van der Waals surface area contributed by atoms with Gasteiger partial charge in [-0.3, -0.25) is 9.59 Å². The first kappa shape index (κ1) is 23.9. The number of hydrogen-bond acceptors (Lipinski definition) is 7. The largest absolute Gasteiger partial charge is 0.408 e. The van der Waals surface area contributed by atoms with Gasteiger partial charge in [0.05, 0.1) is 0 Å². The molecule has 0 unspecified atom stereocenters. The number of ketones is 1. The summed E-state index contributed by atoms with van der Waals surface area (Å²) in [6, 6.07) is -0.444. The minimum atomic E-state index is -0.552. The van der Waals surface area contributed by atoms with Crippen LogP contribution >= 0.6 is 24.2 Å². The van der Waals surface area contributed by atoms with Crippen LogP contribution in [-0.2, 0) is 4.79 Å². The van der Waals surface area contributed by atoms with Crippen LogP contribution in [0.25, 0.3) is 0 Å². The highest BCUT2D eigenvalue weighted by atomic mass is 35.5. The van der Waals surface area contributed by atoms with E-state index in [2.05, 4.69) is 10.2 Å². The van der Waals surface area contributed by atoms with E-state index in [1.165, 1.54) is 24.6 Å². The van der Waals surface area contributed by atoms with Crippen molar-refractivity contribution in [2.75, 3.05) is 12.3 Å². The first-order chi connectivity index (χ1) is 12.6. The number of amides is 1. The normalized spacial score (nSPS) is 16.4. The second kappa shape index (κ2) is 12.4. The maximum atomic E-state index is 13.1. The van der Waals surface area contributed by atoms with Crippen LogP contribution in [0.5, 0.6) is 0 Å². The van der Waals surface area contributed by atoms with Crippen molar-refractivity contribution in [3.8, 4) is 0 Å². The van der Waals surface area contributed by atoms with E-state index in [0.717, 1.165) is 32.1 Å². The third-order valence-electron chi connectivity index (χ3n) is 4.69. The van der Waals surface area contributed by atoms with Gasteiger partial charge in [-0.05, 0) is 25.2 Å². The Bertz CT molecular complexity index is 577. The van der Waals surface area contributed by atoms with E-state index in [0.29, 0.717) is 23.9 Å². The summed E-state index contributed by atoms with van der Waals surface area (Å²) in [5.41, 5.74) is 5.48. The minimum Gasteiger partial charge on any atom is -0.408 e. The molecule has 1 aliphatic rings. The molecule has 0 bridgehead atoms. The zero-order chi connectivity index (χ0) is 18.9. The summed E-state index contributed by atoms with van der Waals surface area (Å²) < 4.78 is 5.51. The van der Waals surface area contributed by atoms with Gasteiger partial charge in [-0.25, -0.2) is 0 Å². The lowest BCUT2D eigenvalue weighted by molar-refractivity contribution is -0.122. The SMILES string of the molecule is CC(C)C[C@@H](C(=O)c1nnc(SCCN)o1)N(C=O)C1CCCCCC1.Cl. The van der Waals surface area contributed by atoms with E-state index in [9.17, 15) is 9.59 Å². The lowest BCUT2D eigenvalue weighted by Crippen LogP contribution is -2.47. The predicted octanol–water partition coefficient (Wildman–Crippen LogP) is 3.32. The molecule has 0 aliphatic heterocycles. The second-order valence-corrected chi connectivity index (χ2v) is 8.26. The van der Waals surface area contributed by atoms with Gasteiger partial charge >= 0.3 is 0 Å². The fraction of sp³-hybridized carbons (Fsp3) is 0.778. The first-order valence-corrected chi connectivity index (χ1v) is 10.5. The van der Waals surface area contributed by atoms with Crippen molar-refractivity contribution in [2.24, 2.45) is 11.7 Å². The molecule has 27 heavy (non-hydrogen) atoms. The van der Waals surface area contributed by atoms with Gasteiger partial charge in [0.1, 0.15) is 6.04 Å². The molecule has 9 heteroatoms. The lowest BCUT2D eigenvalue weighted by Gasteiger charge is -2.34. The summed E-state index contributed by atoms with van der Waals surface area (Å²) in [5, 5.41) is 8.16. The van der Waals surface area contributed by atoms with Crippen LogP contribution in [0.4, 0.5) is 0 Å². The molecule has 7 nitrogen and oxygen atoms in total. The molecular formula is C18H31ClN4O3S. The van der Waals surface area contributed by atoms with Crippen molar-refractivity contribution in [1.29, 1.82) is 0 Å². The third kappa shape index (κ3) is 7.08. The summed E-state index contributed by atoms with van der Waals surface area (Å²) in [7, 11) is 0. The molecule has 0 saturated heterocycles. The predicted molar refractivity (Wildman–Crippen MR) is 108 cm³/mol. The van der Waals surface area contributed by atoms with Crippen molar-refractivity contribution in [2.45, 2.75) is 76.1 Å². The fourth-order valence-electron chi connectivity index (χ4n) is 3.44. The van der Waals surface area contributed by atoms with Crippen LogP contribution in [0.15, 0.2) is 9.64 Å².